The zero-order chi connectivity index (χ0) is 13.2. The van der Waals surface area contributed by atoms with Crippen molar-refractivity contribution in [2.75, 3.05) is 17.3 Å². The number of anilines is 2. The Labute approximate surface area is 118 Å². The molecule has 2 nitrogen and oxygen atoms in total. The van der Waals surface area contributed by atoms with E-state index in [9.17, 15) is 0 Å². The first kappa shape index (κ1) is 12.4. The predicted octanol–water partition coefficient (Wildman–Crippen LogP) is 4.09. The van der Waals surface area contributed by atoms with Gasteiger partial charge in [0.2, 0.25) is 0 Å². The van der Waals surface area contributed by atoms with Crippen LogP contribution in [-0.2, 0) is 6.42 Å². The van der Waals surface area contributed by atoms with E-state index in [4.69, 9.17) is 5.73 Å². The van der Waals surface area contributed by atoms with Crippen molar-refractivity contribution in [1.29, 1.82) is 0 Å². The summed E-state index contributed by atoms with van der Waals surface area (Å²) in [6.45, 7) is 0. The average molecular weight is 270 g/mol. The van der Waals surface area contributed by atoms with Gasteiger partial charge in [0.25, 0.3) is 0 Å². The molecule has 1 aliphatic rings. The SMILES string of the molecule is CSc1ccccc1NC1CCc2cc(N)ccc21. The number of thioether (sulfide) groups is 1. The van der Waals surface area contributed by atoms with Crippen LogP contribution in [0.2, 0.25) is 0 Å². The molecule has 2 aromatic rings. The van der Waals surface area contributed by atoms with Gasteiger partial charge in [0, 0.05) is 16.3 Å². The van der Waals surface area contributed by atoms with Crippen LogP contribution in [0.15, 0.2) is 47.4 Å². The van der Waals surface area contributed by atoms with Crippen molar-refractivity contribution in [2.24, 2.45) is 0 Å². The number of nitrogens with two attached hydrogens (primary N) is 1. The van der Waals surface area contributed by atoms with E-state index in [1.54, 1.807) is 11.8 Å². The molecular formula is C16H18N2S. The third kappa shape index (κ3) is 2.43. The normalized spacial score (nSPS) is 17.2. The molecule has 3 heteroatoms. The molecule has 0 saturated heterocycles. The maximum atomic E-state index is 5.85. The second-order valence-corrected chi connectivity index (χ2v) is 5.74. The molecule has 0 spiro atoms. The van der Waals surface area contributed by atoms with Crippen LogP contribution in [0.3, 0.4) is 0 Å². The van der Waals surface area contributed by atoms with Gasteiger partial charge in [0.05, 0.1) is 6.04 Å². The summed E-state index contributed by atoms with van der Waals surface area (Å²) in [6, 6.07) is 15.2. The van der Waals surface area contributed by atoms with Gasteiger partial charge in [-0.3, -0.25) is 0 Å². The van der Waals surface area contributed by atoms with Gasteiger partial charge < -0.3 is 11.1 Å². The topological polar surface area (TPSA) is 38.0 Å². The summed E-state index contributed by atoms with van der Waals surface area (Å²) in [5, 5.41) is 3.67. The number of nitrogens with one attached hydrogen (secondary N) is 1. The van der Waals surface area contributed by atoms with Crippen molar-refractivity contribution in [3.05, 3.63) is 53.6 Å². The van der Waals surface area contributed by atoms with E-state index in [2.05, 4.69) is 48.0 Å². The van der Waals surface area contributed by atoms with Crippen molar-refractivity contribution >= 4 is 23.1 Å². The van der Waals surface area contributed by atoms with Gasteiger partial charge in [-0.2, -0.15) is 0 Å². The number of nitrogen functional groups attached to an aromatic ring is 1. The van der Waals surface area contributed by atoms with Crippen molar-refractivity contribution in [1.82, 2.24) is 0 Å². The molecule has 1 unspecified atom stereocenters. The highest BCUT2D eigenvalue weighted by atomic mass is 32.2. The van der Waals surface area contributed by atoms with Crippen LogP contribution in [0.5, 0.6) is 0 Å². The molecule has 0 saturated carbocycles. The molecule has 0 radical (unpaired) electrons. The van der Waals surface area contributed by atoms with Crippen LogP contribution < -0.4 is 11.1 Å². The van der Waals surface area contributed by atoms with Crippen LogP contribution in [0, 0.1) is 0 Å². The van der Waals surface area contributed by atoms with Crippen LogP contribution in [0.1, 0.15) is 23.6 Å². The number of fused-ring (bicyclic) bond motifs is 1. The highest BCUT2D eigenvalue weighted by Gasteiger charge is 2.22. The van der Waals surface area contributed by atoms with Crippen molar-refractivity contribution < 1.29 is 0 Å². The second-order valence-electron chi connectivity index (χ2n) is 4.89. The number of hydrogen-bond acceptors (Lipinski definition) is 3. The molecule has 0 fully saturated rings. The Hall–Kier alpha value is -1.61. The molecule has 19 heavy (non-hydrogen) atoms. The summed E-state index contributed by atoms with van der Waals surface area (Å²) < 4.78 is 0. The first-order valence-corrected chi connectivity index (χ1v) is 7.78. The molecule has 0 amide bonds. The Morgan fingerprint density at radius 3 is 2.89 bits per heavy atom. The van der Waals surface area contributed by atoms with Crippen LogP contribution in [0.25, 0.3) is 0 Å². The van der Waals surface area contributed by atoms with Gasteiger partial charge in [0.15, 0.2) is 0 Å². The Bertz CT molecular complexity index is 595. The van der Waals surface area contributed by atoms with Gasteiger partial charge >= 0.3 is 0 Å². The fourth-order valence-corrected chi connectivity index (χ4v) is 3.30. The number of hydrogen-bond donors (Lipinski definition) is 2. The Morgan fingerprint density at radius 2 is 2.05 bits per heavy atom. The zero-order valence-corrected chi connectivity index (χ0v) is 11.8. The van der Waals surface area contributed by atoms with E-state index < -0.39 is 0 Å². The first-order chi connectivity index (χ1) is 9.28. The van der Waals surface area contributed by atoms with Gasteiger partial charge in [-0.05, 0) is 54.5 Å². The molecule has 98 valence electrons. The fraction of sp³-hybridized carbons (Fsp3) is 0.250. The lowest BCUT2D eigenvalue weighted by Gasteiger charge is -2.17. The van der Waals surface area contributed by atoms with E-state index in [1.807, 2.05) is 6.07 Å². The van der Waals surface area contributed by atoms with Crippen molar-refractivity contribution in [2.45, 2.75) is 23.8 Å². The monoisotopic (exact) mass is 270 g/mol. The van der Waals surface area contributed by atoms with Gasteiger partial charge in [-0.25, -0.2) is 0 Å². The average Bonchev–Trinajstić information content (AvgIpc) is 2.82. The van der Waals surface area contributed by atoms with E-state index in [-0.39, 0.29) is 0 Å². The van der Waals surface area contributed by atoms with Gasteiger partial charge in [-0.1, -0.05) is 18.2 Å². The summed E-state index contributed by atoms with van der Waals surface area (Å²) in [5.41, 5.74) is 10.7. The third-order valence-electron chi connectivity index (χ3n) is 3.68. The molecule has 0 heterocycles. The maximum absolute atomic E-state index is 5.85. The summed E-state index contributed by atoms with van der Waals surface area (Å²) in [5.74, 6) is 0. The quantitative estimate of drug-likeness (QED) is 0.651. The third-order valence-corrected chi connectivity index (χ3v) is 4.48. The molecule has 0 aromatic heterocycles. The van der Waals surface area contributed by atoms with Gasteiger partial charge in [0.1, 0.15) is 0 Å². The zero-order valence-electron chi connectivity index (χ0n) is 11.0. The van der Waals surface area contributed by atoms with E-state index >= 15 is 0 Å². The second kappa shape index (κ2) is 5.17. The minimum Gasteiger partial charge on any atom is -0.399 e. The lowest BCUT2D eigenvalue weighted by atomic mass is 10.1. The number of benzene rings is 2. The molecule has 1 atom stereocenters. The first-order valence-electron chi connectivity index (χ1n) is 6.56. The van der Waals surface area contributed by atoms with E-state index in [0.29, 0.717) is 6.04 Å². The highest BCUT2D eigenvalue weighted by Crippen LogP contribution is 2.36. The molecule has 3 N–H and O–H groups in total. The molecule has 0 aliphatic heterocycles. The van der Waals surface area contributed by atoms with Crippen LogP contribution >= 0.6 is 11.8 Å². The standard InChI is InChI=1S/C16H18N2S/c1-19-16-5-3-2-4-15(16)18-14-9-6-11-10-12(17)7-8-13(11)14/h2-5,7-8,10,14,18H,6,9,17H2,1H3. The Balaban J connectivity index is 1.87. The summed E-state index contributed by atoms with van der Waals surface area (Å²) in [4.78, 5) is 1.30. The molecule has 2 aromatic carbocycles. The number of para-hydroxylation sites is 1. The molecule has 3 rings (SSSR count). The van der Waals surface area contributed by atoms with Crippen molar-refractivity contribution in [3.8, 4) is 0 Å². The summed E-state index contributed by atoms with van der Waals surface area (Å²) >= 11 is 1.78. The molecule has 0 bridgehead atoms. The largest absolute Gasteiger partial charge is 0.399 e. The Kier molecular flexibility index (Phi) is 3.38. The minimum absolute atomic E-state index is 0.406. The minimum atomic E-state index is 0.406. The van der Waals surface area contributed by atoms with E-state index in [0.717, 1.165) is 18.5 Å². The number of aryl methyl sites for hydroxylation is 1. The predicted molar refractivity (Wildman–Crippen MR) is 83.8 cm³/mol. The number of rotatable bonds is 3. The lowest BCUT2D eigenvalue weighted by Crippen LogP contribution is -2.07. The van der Waals surface area contributed by atoms with E-state index in [1.165, 1.54) is 21.7 Å². The molecular weight excluding hydrogens is 252 g/mol. The highest BCUT2D eigenvalue weighted by molar-refractivity contribution is 7.98. The van der Waals surface area contributed by atoms with Crippen molar-refractivity contribution in [3.63, 3.8) is 0 Å². The lowest BCUT2D eigenvalue weighted by molar-refractivity contribution is 0.759. The summed E-state index contributed by atoms with van der Waals surface area (Å²) in [6.07, 6.45) is 4.37. The van der Waals surface area contributed by atoms with Gasteiger partial charge in [-0.15, -0.1) is 11.8 Å². The maximum Gasteiger partial charge on any atom is 0.0520 e. The Morgan fingerprint density at radius 1 is 1.21 bits per heavy atom. The smallest absolute Gasteiger partial charge is 0.0520 e. The fourth-order valence-electron chi connectivity index (χ4n) is 2.74. The molecule has 1 aliphatic carbocycles. The van der Waals surface area contributed by atoms with Crippen LogP contribution in [-0.4, -0.2) is 6.26 Å². The summed E-state index contributed by atoms with van der Waals surface area (Å²) in [7, 11) is 0. The van der Waals surface area contributed by atoms with Crippen LogP contribution in [0.4, 0.5) is 11.4 Å².